The summed E-state index contributed by atoms with van der Waals surface area (Å²) in [5.41, 5.74) is 1.17. The smallest absolute Gasteiger partial charge is 0.136 e. The Labute approximate surface area is 128 Å². The van der Waals surface area contributed by atoms with Crippen LogP contribution in [0.5, 0.6) is 0 Å². The van der Waals surface area contributed by atoms with Crippen molar-refractivity contribution in [3.05, 3.63) is 11.4 Å². The molecule has 1 aromatic rings. The molecule has 21 heavy (non-hydrogen) atoms. The van der Waals surface area contributed by atoms with Crippen molar-refractivity contribution in [2.24, 2.45) is 5.92 Å². The second-order valence-corrected chi connectivity index (χ2v) is 6.64. The first-order valence-electron chi connectivity index (χ1n) is 8.64. The van der Waals surface area contributed by atoms with Gasteiger partial charge in [0.25, 0.3) is 0 Å². The maximum absolute atomic E-state index is 4.80. The van der Waals surface area contributed by atoms with Gasteiger partial charge in [0.2, 0.25) is 0 Å². The Balaban J connectivity index is 1.74. The van der Waals surface area contributed by atoms with Crippen molar-refractivity contribution in [1.29, 1.82) is 0 Å². The van der Waals surface area contributed by atoms with Crippen LogP contribution in [-0.2, 0) is 0 Å². The Morgan fingerprint density at radius 3 is 2.29 bits per heavy atom. The van der Waals surface area contributed by atoms with Crippen molar-refractivity contribution < 1.29 is 0 Å². The minimum atomic E-state index is 0.597. The zero-order valence-corrected chi connectivity index (χ0v) is 13.4. The zero-order valence-electron chi connectivity index (χ0n) is 13.4. The van der Waals surface area contributed by atoms with Crippen LogP contribution in [0.15, 0.2) is 0 Å². The first kappa shape index (κ1) is 14.6. The molecule has 0 saturated heterocycles. The van der Waals surface area contributed by atoms with Gasteiger partial charge in [0.1, 0.15) is 17.5 Å². The lowest BCUT2D eigenvalue weighted by Crippen LogP contribution is -2.16. The summed E-state index contributed by atoms with van der Waals surface area (Å²) >= 11 is 0. The third kappa shape index (κ3) is 3.66. The van der Waals surface area contributed by atoms with Crippen LogP contribution in [-0.4, -0.2) is 23.1 Å². The van der Waals surface area contributed by atoms with Crippen molar-refractivity contribution in [2.75, 3.05) is 23.7 Å². The van der Waals surface area contributed by atoms with Crippen LogP contribution in [0.25, 0.3) is 0 Å². The molecule has 2 saturated carbocycles. The number of aromatic nitrogens is 2. The van der Waals surface area contributed by atoms with E-state index in [0.29, 0.717) is 5.92 Å². The van der Waals surface area contributed by atoms with Crippen molar-refractivity contribution in [3.8, 4) is 0 Å². The van der Waals surface area contributed by atoms with Crippen LogP contribution in [0.4, 0.5) is 11.6 Å². The van der Waals surface area contributed by atoms with Gasteiger partial charge in [0.05, 0.1) is 0 Å². The molecule has 0 bridgehead atoms. The van der Waals surface area contributed by atoms with Crippen LogP contribution >= 0.6 is 0 Å². The van der Waals surface area contributed by atoms with Gasteiger partial charge in [-0.3, -0.25) is 0 Å². The Morgan fingerprint density at radius 2 is 1.67 bits per heavy atom. The average molecular weight is 288 g/mol. The van der Waals surface area contributed by atoms with E-state index >= 15 is 0 Å². The first-order chi connectivity index (χ1) is 10.3. The van der Waals surface area contributed by atoms with E-state index in [1.807, 2.05) is 0 Å². The molecule has 1 heterocycles. The van der Waals surface area contributed by atoms with Gasteiger partial charge in [-0.15, -0.1) is 0 Å². The van der Waals surface area contributed by atoms with E-state index in [-0.39, 0.29) is 0 Å². The number of hydrogen-bond acceptors (Lipinski definition) is 4. The topological polar surface area (TPSA) is 49.8 Å². The lowest BCUT2D eigenvalue weighted by atomic mass is 10.1. The maximum Gasteiger partial charge on any atom is 0.136 e. The number of nitrogens with one attached hydrogen (secondary N) is 2. The summed E-state index contributed by atoms with van der Waals surface area (Å²) < 4.78 is 0. The van der Waals surface area contributed by atoms with Gasteiger partial charge in [0.15, 0.2) is 0 Å². The summed E-state index contributed by atoms with van der Waals surface area (Å²) in [7, 11) is 0. The highest BCUT2D eigenvalue weighted by atomic mass is 15.1. The number of rotatable bonds is 7. The highest BCUT2D eigenvalue weighted by molar-refractivity contribution is 5.57. The van der Waals surface area contributed by atoms with Gasteiger partial charge < -0.3 is 10.6 Å². The van der Waals surface area contributed by atoms with Crippen molar-refractivity contribution in [3.63, 3.8) is 0 Å². The minimum Gasteiger partial charge on any atom is -0.370 e. The Hall–Kier alpha value is -1.32. The molecule has 2 fully saturated rings. The Bertz CT molecular complexity index is 476. The molecular weight excluding hydrogens is 260 g/mol. The van der Waals surface area contributed by atoms with Crippen molar-refractivity contribution in [1.82, 2.24) is 9.97 Å². The standard InChI is InChI=1S/C17H28N4/c1-3-10-18-15-12(2)16(19-11-13-6-4-5-7-13)21-17(20-15)14-8-9-14/h13-14H,3-11H2,1-2H3,(H2,18,19,20,21). The van der Waals surface area contributed by atoms with E-state index in [0.717, 1.165) is 42.9 Å². The number of nitrogens with zero attached hydrogens (tertiary/aromatic N) is 2. The molecule has 0 spiro atoms. The predicted molar refractivity (Wildman–Crippen MR) is 88.0 cm³/mol. The number of anilines is 2. The van der Waals surface area contributed by atoms with Gasteiger partial charge in [-0.2, -0.15) is 0 Å². The average Bonchev–Trinajstić information content (AvgIpc) is 3.21. The molecule has 2 aliphatic rings. The van der Waals surface area contributed by atoms with Crippen LogP contribution in [0.1, 0.15) is 69.2 Å². The Kier molecular flexibility index (Phi) is 4.61. The fraction of sp³-hybridized carbons (Fsp3) is 0.765. The van der Waals surface area contributed by atoms with E-state index in [1.54, 1.807) is 0 Å². The zero-order chi connectivity index (χ0) is 14.7. The molecular formula is C17H28N4. The molecule has 1 aromatic heterocycles. The summed E-state index contributed by atoms with van der Waals surface area (Å²) in [5.74, 6) is 4.55. The van der Waals surface area contributed by atoms with Crippen molar-refractivity contribution >= 4 is 11.6 Å². The van der Waals surface area contributed by atoms with Crippen LogP contribution < -0.4 is 10.6 Å². The fourth-order valence-electron chi connectivity index (χ4n) is 3.10. The molecule has 2 N–H and O–H groups in total. The van der Waals surface area contributed by atoms with Gasteiger partial charge in [-0.1, -0.05) is 19.8 Å². The molecule has 0 amide bonds. The molecule has 4 nitrogen and oxygen atoms in total. The van der Waals surface area contributed by atoms with E-state index in [1.165, 1.54) is 44.1 Å². The molecule has 4 heteroatoms. The summed E-state index contributed by atoms with van der Waals surface area (Å²) in [5, 5.41) is 7.07. The molecule has 0 aromatic carbocycles. The summed E-state index contributed by atoms with van der Waals surface area (Å²) in [6, 6.07) is 0. The number of hydrogen-bond donors (Lipinski definition) is 2. The summed E-state index contributed by atoms with van der Waals surface area (Å²) in [6.07, 6.45) is 9.14. The monoisotopic (exact) mass is 288 g/mol. The summed E-state index contributed by atoms with van der Waals surface area (Å²) in [6.45, 7) is 6.36. The fourth-order valence-corrected chi connectivity index (χ4v) is 3.10. The van der Waals surface area contributed by atoms with Gasteiger partial charge in [-0.25, -0.2) is 9.97 Å². The Morgan fingerprint density at radius 1 is 1.00 bits per heavy atom. The lowest BCUT2D eigenvalue weighted by Gasteiger charge is -2.17. The second kappa shape index (κ2) is 6.63. The normalized spacial score (nSPS) is 19.0. The summed E-state index contributed by atoms with van der Waals surface area (Å²) in [4.78, 5) is 9.55. The van der Waals surface area contributed by atoms with E-state index in [9.17, 15) is 0 Å². The maximum atomic E-state index is 4.80. The molecule has 2 aliphatic carbocycles. The largest absolute Gasteiger partial charge is 0.370 e. The lowest BCUT2D eigenvalue weighted by molar-refractivity contribution is 0.578. The third-order valence-corrected chi connectivity index (χ3v) is 4.68. The third-order valence-electron chi connectivity index (χ3n) is 4.68. The van der Waals surface area contributed by atoms with Crippen LogP contribution in [0, 0.1) is 12.8 Å². The minimum absolute atomic E-state index is 0.597. The molecule has 0 atom stereocenters. The molecule has 0 aliphatic heterocycles. The molecule has 0 radical (unpaired) electrons. The first-order valence-corrected chi connectivity index (χ1v) is 8.64. The molecule has 3 rings (SSSR count). The van der Waals surface area contributed by atoms with Gasteiger partial charge in [0, 0.05) is 24.6 Å². The highest BCUT2D eigenvalue weighted by Gasteiger charge is 2.28. The van der Waals surface area contributed by atoms with Crippen LogP contribution in [0.2, 0.25) is 0 Å². The predicted octanol–water partition coefficient (Wildman–Crippen LogP) is 4.09. The quantitative estimate of drug-likeness (QED) is 0.793. The van der Waals surface area contributed by atoms with E-state index in [2.05, 4.69) is 24.5 Å². The second-order valence-electron chi connectivity index (χ2n) is 6.64. The van der Waals surface area contributed by atoms with Gasteiger partial charge >= 0.3 is 0 Å². The molecule has 0 unspecified atom stereocenters. The molecule has 116 valence electrons. The van der Waals surface area contributed by atoms with E-state index < -0.39 is 0 Å². The van der Waals surface area contributed by atoms with Gasteiger partial charge in [-0.05, 0) is 44.9 Å². The van der Waals surface area contributed by atoms with Crippen LogP contribution in [0.3, 0.4) is 0 Å². The highest BCUT2D eigenvalue weighted by Crippen LogP contribution is 2.39. The van der Waals surface area contributed by atoms with E-state index in [4.69, 9.17) is 9.97 Å². The SMILES string of the molecule is CCCNc1nc(C2CC2)nc(NCC2CCCC2)c1C. The van der Waals surface area contributed by atoms with Crippen molar-refractivity contribution in [2.45, 2.75) is 64.7 Å².